The van der Waals surface area contributed by atoms with Crippen LogP contribution < -0.4 is 5.32 Å². The van der Waals surface area contributed by atoms with Gasteiger partial charge >= 0.3 is 0 Å². The SMILES string of the molecule is CC1CC(C)CC(C(=O)c2ccc3c(c2)CNC3)C1. The second-order valence-electron chi connectivity index (χ2n) is 6.57. The summed E-state index contributed by atoms with van der Waals surface area (Å²) in [7, 11) is 0. The molecular formula is C17H23NO. The van der Waals surface area contributed by atoms with Gasteiger partial charge in [0.2, 0.25) is 0 Å². The molecule has 1 aromatic carbocycles. The van der Waals surface area contributed by atoms with Gasteiger partial charge in [0.1, 0.15) is 0 Å². The highest BCUT2D eigenvalue weighted by atomic mass is 16.1. The molecule has 1 fully saturated rings. The lowest BCUT2D eigenvalue weighted by Gasteiger charge is -2.30. The molecule has 1 N–H and O–H groups in total. The number of nitrogens with one attached hydrogen (secondary N) is 1. The zero-order valence-corrected chi connectivity index (χ0v) is 11.9. The van der Waals surface area contributed by atoms with E-state index in [9.17, 15) is 4.79 Å². The molecule has 0 radical (unpaired) electrons. The molecule has 2 nitrogen and oxygen atoms in total. The van der Waals surface area contributed by atoms with Crippen molar-refractivity contribution < 1.29 is 4.79 Å². The number of rotatable bonds is 2. The first-order chi connectivity index (χ1) is 9.13. The molecule has 3 rings (SSSR count). The van der Waals surface area contributed by atoms with Gasteiger partial charge in [0.15, 0.2) is 5.78 Å². The number of benzene rings is 1. The second-order valence-corrected chi connectivity index (χ2v) is 6.57. The average Bonchev–Trinajstić information content (AvgIpc) is 2.83. The van der Waals surface area contributed by atoms with Gasteiger partial charge in [0, 0.05) is 24.6 Å². The van der Waals surface area contributed by atoms with E-state index in [-0.39, 0.29) is 5.92 Å². The van der Waals surface area contributed by atoms with Gasteiger partial charge in [-0.3, -0.25) is 4.79 Å². The van der Waals surface area contributed by atoms with Gasteiger partial charge in [0.05, 0.1) is 0 Å². The summed E-state index contributed by atoms with van der Waals surface area (Å²) in [5.41, 5.74) is 3.58. The Morgan fingerprint density at radius 3 is 2.47 bits per heavy atom. The van der Waals surface area contributed by atoms with Crippen molar-refractivity contribution in [1.82, 2.24) is 5.32 Å². The van der Waals surface area contributed by atoms with E-state index in [0.29, 0.717) is 17.6 Å². The van der Waals surface area contributed by atoms with E-state index in [2.05, 4.69) is 31.3 Å². The van der Waals surface area contributed by atoms with Crippen molar-refractivity contribution in [3.8, 4) is 0 Å². The summed E-state index contributed by atoms with van der Waals surface area (Å²) < 4.78 is 0. The zero-order valence-electron chi connectivity index (χ0n) is 11.9. The van der Waals surface area contributed by atoms with Crippen LogP contribution in [-0.2, 0) is 13.1 Å². The van der Waals surface area contributed by atoms with Gasteiger partial charge in [0.25, 0.3) is 0 Å². The third-order valence-corrected chi connectivity index (χ3v) is 4.67. The fourth-order valence-electron chi connectivity index (χ4n) is 3.84. The van der Waals surface area contributed by atoms with E-state index in [1.54, 1.807) is 0 Å². The first-order valence-electron chi connectivity index (χ1n) is 7.50. The quantitative estimate of drug-likeness (QED) is 0.821. The second kappa shape index (κ2) is 5.09. The molecule has 2 heteroatoms. The molecule has 19 heavy (non-hydrogen) atoms. The van der Waals surface area contributed by atoms with Crippen LogP contribution >= 0.6 is 0 Å². The summed E-state index contributed by atoms with van der Waals surface area (Å²) in [5.74, 6) is 1.99. The predicted octanol–water partition coefficient (Wildman–Crippen LogP) is 3.54. The maximum Gasteiger partial charge on any atom is 0.165 e. The number of hydrogen-bond donors (Lipinski definition) is 1. The molecule has 0 spiro atoms. The number of Topliss-reactive ketones (excluding diaryl/α,β-unsaturated/α-hetero) is 1. The molecule has 1 aliphatic heterocycles. The van der Waals surface area contributed by atoms with Crippen molar-refractivity contribution in [3.05, 3.63) is 34.9 Å². The lowest BCUT2D eigenvalue weighted by atomic mass is 9.74. The van der Waals surface area contributed by atoms with Crippen molar-refractivity contribution in [2.75, 3.05) is 0 Å². The summed E-state index contributed by atoms with van der Waals surface area (Å²) in [5, 5.41) is 3.34. The Hall–Kier alpha value is -1.15. The van der Waals surface area contributed by atoms with Crippen LogP contribution in [0.1, 0.15) is 54.6 Å². The Balaban J connectivity index is 1.80. The van der Waals surface area contributed by atoms with Crippen LogP contribution in [-0.4, -0.2) is 5.78 Å². The van der Waals surface area contributed by atoms with E-state index in [1.165, 1.54) is 17.5 Å². The Bertz CT molecular complexity index is 484. The Morgan fingerprint density at radius 2 is 1.74 bits per heavy atom. The van der Waals surface area contributed by atoms with Crippen LogP contribution in [0, 0.1) is 17.8 Å². The molecular weight excluding hydrogens is 234 g/mol. The highest BCUT2D eigenvalue weighted by Crippen LogP contribution is 2.35. The Labute approximate surface area is 115 Å². The van der Waals surface area contributed by atoms with Gasteiger partial charge in [-0.15, -0.1) is 0 Å². The van der Waals surface area contributed by atoms with Crippen LogP contribution in [0.2, 0.25) is 0 Å². The Kier molecular flexibility index (Phi) is 3.44. The smallest absolute Gasteiger partial charge is 0.165 e. The normalized spacial score (nSPS) is 30.1. The third kappa shape index (κ3) is 2.59. The fourth-order valence-corrected chi connectivity index (χ4v) is 3.84. The minimum absolute atomic E-state index is 0.242. The summed E-state index contributed by atoms with van der Waals surface area (Å²) in [6.45, 7) is 6.42. The molecule has 1 aliphatic carbocycles. The zero-order chi connectivity index (χ0) is 13.4. The van der Waals surface area contributed by atoms with Gasteiger partial charge in [-0.05, 0) is 48.3 Å². The molecule has 0 aromatic heterocycles. The van der Waals surface area contributed by atoms with Crippen LogP contribution in [0.3, 0.4) is 0 Å². The topological polar surface area (TPSA) is 29.1 Å². The van der Waals surface area contributed by atoms with Crippen molar-refractivity contribution >= 4 is 5.78 Å². The van der Waals surface area contributed by atoms with Crippen molar-refractivity contribution in [2.24, 2.45) is 17.8 Å². The summed E-state index contributed by atoms with van der Waals surface area (Å²) in [6.07, 6.45) is 3.41. The van der Waals surface area contributed by atoms with Crippen molar-refractivity contribution in [2.45, 2.75) is 46.2 Å². The Morgan fingerprint density at radius 1 is 1.05 bits per heavy atom. The highest BCUT2D eigenvalue weighted by Gasteiger charge is 2.29. The van der Waals surface area contributed by atoms with Crippen molar-refractivity contribution in [1.29, 1.82) is 0 Å². The van der Waals surface area contributed by atoms with Crippen LogP contribution in [0.5, 0.6) is 0 Å². The number of fused-ring (bicyclic) bond motifs is 1. The minimum atomic E-state index is 0.242. The number of ketones is 1. The summed E-state index contributed by atoms with van der Waals surface area (Å²) in [4.78, 5) is 12.7. The molecule has 2 atom stereocenters. The lowest BCUT2D eigenvalue weighted by Crippen LogP contribution is -2.26. The summed E-state index contributed by atoms with van der Waals surface area (Å²) >= 11 is 0. The maximum atomic E-state index is 12.7. The predicted molar refractivity (Wildman–Crippen MR) is 77.0 cm³/mol. The lowest BCUT2D eigenvalue weighted by molar-refractivity contribution is 0.0836. The van der Waals surface area contributed by atoms with Gasteiger partial charge in [-0.1, -0.05) is 26.0 Å². The maximum absolute atomic E-state index is 12.7. The highest BCUT2D eigenvalue weighted by molar-refractivity contribution is 5.98. The fraction of sp³-hybridized carbons (Fsp3) is 0.588. The van der Waals surface area contributed by atoms with E-state index < -0.39 is 0 Å². The van der Waals surface area contributed by atoms with Gasteiger partial charge in [-0.2, -0.15) is 0 Å². The summed E-state index contributed by atoms with van der Waals surface area (Å²) in [6, 6.07) is 6.26. The number of hydrogen-bond acceptors (Lipinski definition) is 2. The molecule has 1 heterocycles. The largest absolute Gasteiger partial charge is 0.309 e. The minimum Gasteiger partial charge on any atom is -0.309 e. The molecule has 2 aliphatic rings. The van der Waals surface area contributed by atoms with Crippen molar-refractivity contribution in [3.63, 3.8) is 0 Å². The van der Waals surface area contributed by atoms with E-state index in [0.717, 1.165) is 31.5 Å². The van der Waals surface area contributed by atoms with E-state index in [1.807, 2.05) is 6.07 Å². The molecule has 102 valence electrons. The molecule has 1 saturated carbocycles. The standard InChI is InChI=1S/C17H23NO/c1-11-5-12(2)7-15(6-11)17(19)13-3-4-14-9-18-10-16(14)8-13/h3-4,8,11-12,15,18H,5-7,9-10H2,1-2H3. The van der Waals surface area contributed by atoms with Crippen LogP contribution in [0.4, 0.5) is 0 Å². The monoisotopic (exact) mass is 257 g/mol. The molecule has 2 unspecified atom stereocenters. The number of carbonyl (C=O) groups excluding carboxylic acids is 1. The third-order valence-electron chi connectivity index (χ3n) is 4.67. The molecule has 0 saturated heterocycles. The first kappa shape index (κ1) is 12.9. The average molecular weight is 257 g/mol. The van der Waals surface area contributed by atoms with E-state index in [4.69, 9.17) is 0 Å². The van der Waals surface area contributed by atoms with Gasteiger partial charge < -0.3 is 5.32 Å². The number of carbonyl (C=O) groups is 1. The first-order valence-corrected chi connectivity index (χ1v) is 7.50. The van der Waals surface area contributed by atoms with E-state index >= 15 is 0 Å². The van der Waals surface area contributed by atoms with Crippen LogP contribution in [0.25, 0.3) is 0 Å². The molecule has 0 bridgehead atoms. The van der Waals surface area contributed by atoms with Crippen LogP contribution in [0.15, 0.2) is 18.2 Å². The molecule has 1 aromatic rings. The van der Waals surface area contributed by atoms with Gasteiger partial charge in [-0.25, -0.2) is 0 Å². The molecule has 0 amide bonds.